The number of para-hydroxylation sites is 1. The summed E-state index contributed by atoms with van der Waals surface area (Å²) in [5.41, 5.74) is 2.77. The summed E-state index contributed by atoms with van der Waals surface area (Å²) in [5, 5.41) is 7.96. The number of ether oxygens (including phenoxy) is 2. The lowest BCUT2D eigenvalue weighted by molar-refractivity contribution is -0.115. The maximum atomic E-state index is 13.1. The second-order valence-electron chi connectivity index (χ2n) is 7.96. The third-order valence-corrected chi connectivity index (χ3v) is 7.60. The van der Waals surface area contributed by atoms with Gasteiger partial charge in [-0.2, -0.15) is 0 Å². The molecule has 2 N–H and O–H groups in total. The van der Waals surface area contributed by atoms with Gasteiger partial charge in [-0.15, -0.1) is 23.1 Å². The Morgan fingerprint density at radius 2 is 1.78 bits per heavy atom. The largest absolute Gasteiger partial charge is 0.497 e. The second kappa shape index (κ2) is 12.4. The van der Waals surface area contributed by atoms with E-state index in [4.69, 9.17) is 9.47 Å². The van der Waals surface area contributed by atoms with Gasteiger partial charge in [-0.1, -0.05) is 31.2 Å². The third-order valence-electron chi connectivity index (χ3n) is 5.48. The van der Waals surface area contributed by atoms with Gasteiger partial charge in [0.05, 0.1) is 25.2 Å². The molecule has 3 aromatic carbocycles. The van der Waals surface area contributed by atoms with Crippen LogP contribution in [-0.2, 0) is 4.79 Å². The van der Waals surface area contributed by atoms with Gasteiger partial charge in [0.25, 0.3) is 5.91 Å². The average molecular weight is 534 g/mol. The van der Waals surface area contributed by atoms with Crippen LogP contribution in [0.15, 0.2) is 83.1 Å². The van der Waals surface area contributed by atoms with Crippen molar-refractivity contribution in [3.8, 4) is 22.8 Å². The van der Waals surface area contributed by atoms with Crippen LogP contribution < -0.4 is 20.1 Å². The third kappa shape index (κ3) is 6.69. The van der Waals surface area contributed by atoms with Crippen LogP contribution in [-0.4, -0.2) is 36.3 Å². The van der Waals surface area contributed by atoms with Crippen LogP contribution in [0.1, 0.15) is 23.7 Å². The molecule has 1 heterocycles. The average Bonchev–Trinajstić information content (AvgIpc) is 3.40. The van der Waals surface area contributed by atoms with Gasteiger partial charge >= 0.3 is 0 Å². The van der Waals surface area contributed by atoms with Gasteiger partial charge in [0.2, 0.25) is 5.91 Å². The number of nitrogens with one attached hydrogen (secondary N) is 2. The van der Waals surface area contributed by atoms with Crippen LogP contribution in [0.25, 0.3) is 11.3 Å². The van der Waals surface area contributed by atoms with E-state index < -0.39 is 0 Å². The van der Waals surface area contributed by atoms with Gasteiger partial charge < -0.3 is 20.1 Å². The fraction of sp³-hybridized carbons (Fsp3) is 0.179. The number of benzene rings is 3. The number of hydrogen-bond donors (Lipinski definition) is 2. The molecule has 9 heteroatoms. The molecule has 1 atom stereocenters. The Morgan fingerprint density at radius 3 is 2.57 bits per heavy atom. The number of amides is 2. The normalized spacial score (nSPS) is 11.4. The lowest BCUT2D eigenvalue weighted by atomic mass is 10.1. The van der Waals surface area contributed by atoms with Crippen molar-refractivity contribution in [1.82, 2.24) is 4.98 Å². The first-order valence-electron chi connectivity index (χ1n) is 11.6. The standard InChI is InChI=1S/C28H27N3O4S2/c1-4-25(27(33)31-28-30-23(17-36-28)22-13-5-6-14-24(22)35-3)37-21-12-8-10-19(16-21)29-26(32)18-9-7-11-20(15-18)34-2/h5-17,25H,4H2,1-3H3,(H,29,32)(H,30,31,33). The SMILES string of the molecule is CCC(Sc1cccc(NC(=O)c2cccc(OC)c2)c1)C(=O)Nc1nc(-c2ccccc2OC)cs1. The number of hydrogen-bond acceptors (Lipinski definition) is 7. The summed E-state index contributed by atoms with van der Waals surface area (Å²) in [5.74, 6) is 0.981. The van der Waals surface area contributed by atoms with Crippen molar-refractivity contribution in [3.05, 3.63) is 83.7 Å². The molecule has 0 saturated heterocycles. The van der Waals surface area contributed by atoms with Gasteiger partial charge in [-0.3, -0.25) is 9.59 Å². The molecule has 0 aliphatic rings. The molecule has 4 aromatic rings. The van der Waals surface area contributed by atoms with Crippen molar-refractivity contribution in [2.45, 2.75) is 23.5 Å². The van der Waals surface area contributed by atoms with E-state index in [1.54, 1.807) is 38.5 Å². The number of aromatic nitrogens is 1. The first-order chi connectivity index (χ1) is 18.0. The molecule has 0 radical (unpaired) electrons. The van der Waals surface area contributed by atoms with E-state index in [0.29, 0.717) is 28.6 Å². The van der Waals surface area contributed by atoms with Gasteiger partial charge in [0.1, 0.15) is 11.5 Å². The Labute approximate surface area is 224 Å². The summed E-state index contributed by atoms with van der Waals surface area (Å²) in [6.45, 7) is 1.97. The zero-order chi connectivity index (χ0) is 26.2. The number of rotatable bonds is 10. The topological polar surface area (TPSA) is 89.5 Å². The van der Waals surface area contributed by atoms with E-state index in [1.165, 1.54) is 23.1 Å². The molecule has 2 amide bonds. The van der Waals surface area contributed by atoms with Crippen molar-refractivity contribution in [2.75, 3.05) is 24.9 Å². The number of anilines is 2. The highest BCUT2D eigenvalue weighted by Crippen LogP contribution is 2.33. The van der Waals surface area contributed by atoms with E-state index in [9.17, 15) is 9.59 Å². The molecule has 37 heavy (non-hydrogen) atoms. The van der Waals surface area contributed by atoms with E-state index >= 15 is 0 Å². The number of thioether (sulfide) groups is 1. The monoisotopic (exact) mass is 533 g/mol. The number of carbonyl (C=O) groups is 2. The van der Waals surface area contributed by atoms with Gasteiger partial charge in [-0.05, 0) is 55.0 Å². The van der Waals surface area contributed by atoms with Crippen molar-refractivity contribution in [2.24, 2.45) is 0 Å². The summed E-state index contributed by atoms with van der Waals surface area (Å²) in [4.78, 5) is 31.2. The van der Waals surface area contributed by atoms with Gasteiger partial charge in [0.15, 0.2) is 5.13 Å². The Morgan fingerprint density at radius 1 is 0.973 bits per heavy atom. The fourth-order valence-corrected chi connectivity index (χ4v) is 5.33. The molecule has 4 rings (SSSR count). The second-order valence-corrected chi connectivity index (χ2v) is 10.1. The highest BCUT2D eigenvalue weighted by atomic mass is 32.2. The summed E-state index contributed by atoms with van der Waals surface area (Å²) in [6.07, 6.45) is 0.627. The first-order valence-corrected chi connectivity index (χ1v) is 13.4. The molecular formula is C28H27N3O4S2. The maximum absolute atomic E-state index is 13.1. The molecule has 0 aliphatic heterocycles. The van der Waals surface area contributed by atoms with E-state index in [0.717, 1.165) is 21.9 Å². The van der Waals surface area contributed by atoms with Crippen LogP contribution in [0.5, 0.6) is 11.5 Å². The van der Waals surface area contributed by atoms with Crippen molar-refractivity contribution < 1.29 is 19.1 Å². The quantitative estimate of drug-likeness (QED) is 0.224. The van der Waals surface area contributed by atoms with Crippen LogP contribution in [0, 0.1) is 0 Å². The number of nitrogens with zero attached hydrogens (tertiary/aromatic N) is 1. The van der Waals surface area contributed by atoms with Crippen LogP contribution >= 0.6 is 23.1 Å². The molecule has 1 aromatic heterocycles. The molecule has 0 fully saturated rings. The molecule has 7 nitrogen and oxygen atoms in total. The minimum absolute atomic E-state index is 0.126. The molecule has 1 unspecified atom stereocenters. The summed E-state index contributed by atoms with van der Waals surface area (Å²) in [7, 11) is 3.18. The molecule has 0 spiro atoms. The summed E-state index contributed by atoms with van der Waals surface area (Å²) in [6, 6.07) is 22.1. The Bertz CT molecular complexity index is 1390. The zero-order valence-electron chi connectivity index (χ0n) is 20.7. The fourth-order valence-electron chi connectivity index (χ4n) is 3.60. The Balaban J connectivity index is 1.41. The van der Waals surface area contributed by atoms with Crippen molar-refractivity contribution in [1.29, 1.82) is 0 Å². The predicted octanol–water partition coefficient (Wildman–Crippen LogP) is 6.59. The minimum Gasteiger partial charge on any atom is -0.497 e. The Hall–Kier alpha value is -3.82. The van der Waals surface area contributed by atoms with E-state index in [-0.39, 0.29) is 17.1 Å². The highest BCUT2D eigenvalue weighted by Gasteiger charge is 2.20. The molecule has 0 saturated carbocycles. The van der Waals surface area contributed by atoms with Gasteiger partial charge in [0, 0.05) is 27.1 Å². The minimum atomic E-state index is -0.331. The molecule has 0 aliphatic carbocycles. The first kappa shape index (κ1) is 26.2. The number of thiazole rings is 1. The smallest absolute Gasteiger partial charge is 0.255 e. The number of carbonyl (C=O) groups excluding carboxylic acids is 2. The summed E-state index contributed by atoms with van der Waals surface area (Å²) >= 11 is 2.81. The lowest BCUT2D eigenvalue weighted by Crippen LogP contribution is -2.24. The van der Waals surface area contributed by atoms with E-state index in [2.05, 4.69) is 15.6 Å². The molecule has 190 valence electrons. The number of methoxy groups -OCH3 is 2. The summed E-state index contributed by atoms with van der Waals surface area (Å²) < 4.78 is 10.6. The van der Waals surface area contributed by atoms with Crippen LogP contribution in [0.3, 0.4) is 0 Å². The van der Waals surface area contributed by atoms with Crippen LogP contribution in [0.4, 0.5) is 10.8 Å². The predicted molar refractivity (Wildman–Crippen MR) is 150 cm³/mol. The lowest BCUT2D eigenvalue weighted by Gasteiger charge is -2.14. The zero-order valence-corrected chi connectivity index (χ0v) is 22.3. The maximum Gasteiger partial charge on any atom is 0.255 e. The van der Waals surface area contributed by atoms with E-state index in [1.807, 2.05) is 60.8 Å². The molecular weight excluding hydrogens is 506 g/mol. The Kier molecular flexibility index (Phi) is 8.81. The van der Waals surface area contributed by atoms with Crippen molar-refractivity contribution >= 4 is 45.7 Å². The highest BCUT2D eigenvalue weighted by molar-refractivity contribution is 8.00. The van der Waals surface area contributed by atoms with Gasteiger partial charge in [-0.25, -0.2) is 4.98 Å². The van der Waals surface area contributed by atoms with Crippen LogP contribution in [0.2, 0.25) is 0 Å². The van der Waals surface area contributed by atoms with Crippen molar-refractivity contribution in [3.63, 3.8) is 0 Å². The molecule has 0 bridgehead atoms.